The van der Waals surface area contributed by atoms with Gasteiger partial charge in [-0.15, -0.1) is 11.3 Å². The van der Waals surface area contributed by atoms with Crippen molar-refractivity contribution in [2.75, 3.05) is 0 Å². The average Bonchev–Trinajstić information content (AvgIpc) is 2.88. The molecule has 1 aromatic heterocycles. The van der Waals surface area contributed by atoms with E-state index in [-0.39, 0.29) is 4.21 Å². The van der Waals surface area contributed by atoms with Crippen molar-refractivity contribution in [3.8, 4) is 0 Å². The lowest BCUT2D eigenvalue weighted by Gasteiger charge is -2.15. The minimum absolute atomic E-state index is 0.297. The summed E-state index contributed by atoms with van der Waals surface area (Å²) in [5.74, 6) is -1.37. The smallest absolute Gasteiger partial charge is 0.356 e. The van der Waals surface area contributed by atoms with Crippen molar-refractivity contribution in [2.45, 2.75) is 17.2 Å². The molecule has 0 aliphatic carbocycles. The Kier molecular flexibility index (Phi) is 4.77. The normalized spacial score (nSPS) is 13.0. The van der Waals surface area contributed by atoms with E-state index in [2.05, 4.69) is 25.6 Å². The highest BCUT2D eigenvalue weighted by Gasteiger charge is 2.27. The van der Waals surface area contributed by atoms with Crippen molar-refractivity contribution in [3.05, 3.63) is 45.5 Å². The second-order valence-corrected chi connectivity index (χ2v) is 7.78. The third kappa shape index (κ3) is 3.49. The maximum absolute atomic E-state index is 12.3. The van der Waals surface area contributed by atoms with Crippen LogP contribution in [-0.2, 0) is 10.0 Å². The molecule has 0 bridgehead atoms. The monoisotopic (exact) mass is 390 g/mol. The first-order valence-corrected chi connectivity index (χ1v) is 8.92. The Bertz CT molecular complexity index is 773. The summed E-state index contributed by atoms with van der Waals surface area (Å²) >= 11 is 4.12. The summed E-state index contributed by atoms with van der Waals surface area (Å²) in [7, 11) is -3.95. The van der Waals surface area contributed by atoms with Crippen LogP contribution in [0.5, 0.6) is 0 Å². The maximum atomic E-state index is 12.3. The molecule has 0 saturated heterocycles. The lowest BCUT2D eigenvalue weighted by atomic mass is 10.1. The van der Waals surface area contributed by atoms with E-state index < -0.39 is 27.7 Å². The molecular formula is C12H11BrN2O4S2. The Morgan fingerprint density at radius 2 is 2.10 bits per heavy atom. The van der Waals surface area contributed by atoms with Crippen LogP contribution in [0.1, 0.15) is 29.0 Å². The molecule has 0 aliphatic heterocycles. The molecule has 1 unspecified atom stereocenters. The number of aromatic carboxylic acids is 1. The number of hydrogen-bond acceptors (Lipinski definition) is 5. The fourth-order valence-corrected chi connectivity index (χ4v) is 4.75. The van der Waals surface area contributed by atoms with E-state index in [1.165, 1.54) is 5.51 Å². The van der Waals surface area contributed by atoms with E-state index in [1.807, 2.05) is 6.07 Å². The van der Waals surface area contributed by atoms with Crippen LogP contribution >= 0.6 is 27.3 Å². The first-order chi connectivity index (χ1) is 9.83. The van der Waals surface area contributed by atoms with Crippen LogP contribution in [0.4, 0.5) is 0 Å². The van der Waals surface area contributed by atoms with Gasteiger partial charge in [-0.1, -0.05) is 34.1 Å². The number of halogens is 1. The van der Waals surface area contributed by atoms with Crippen LogP contribution in [0.15, 0.2) is 38.5 Å². The number of aromatic nitrogens is 1. The van der Waals surface area contributed by atoms with Gasteiger partial charge in [-0.2, -0.15) is 0 Å². The van der Waals surface area contributed by atoms with E-state index >= 15 is 0 Å². The summed E-state index contributed by atoms with van der Waals surface area (Å²) in [6, 6.07) is 6.67. The Labute approximate surface area is 134 Å². The molecule has 2 N–H and O–H groups in total. The molecule has 1 aromatic carbocycles. The topological polar surface area (TPSA) is 96.4 Å². The van der Waals surface area contributed by atoms with Gasteiger partial charge in [0.2, 0.25) is 0 Å². The van der Waals surface area contributed by atoms with E-state index in [1.54, 1.807) is 25.1 Å². The molecule has 0 spiro atoms. The van der Waals surface area contributed by atoms with Crippen molar-refractivity contribution >= 4 is 43.3 Å². The third-order valence-corrected chi connectivity index (χ3v) is 6.32. The summed E-state index contributed by atoms with van der Waals surface area (Å²) in [5, 5.41) is 8.96. The van der Waals surface area contributed by atoms with Crippen LogP contribution in [0, 0.1) is 0 Å². The van der Waals surface area contributed by atoms with Crippen molar-refractivity contribution < 1.29 is 18.3 Å². The Morgan fingerprint density at radius 3 is 2.71 bits per heavy atom. The number of carboxylic acids is 1. The predicted octanol–water partition coefficient (Wildman–Crippen LogP) is 2.64. The number of rotatable bonds is 5. The fourth-order valence-electron chi connectivity index (χ4n) is 1.74. The number of thiazole rings is 1. The van der Waals surface area contributed by atoms with Crippen LogP contribution in [0.3, 0.4) is 0 Å². The molecule has 0 aliphatic rings. The molecule has 0 radical (unpaired) electrons. The first-order valence-electron chi connectivity index (χ1n) is 5.76. The standard InChI is InChI=1S/C12H11BrN2O4S2/c1-7(8-4-2-3-5-9(8)13)15-21(18,19)12-10(11(16)17)14-6-20-12/h2-7,15H,1H3,(H,16,17). The minimum Gasteiger partial charge on any atom is -0.476 e. The highest BCUT2D eigenvalue weighted by molar-refractivity contribution is 9.10. The molecule has 112 valence electrons. The van der Waals surface area contributed by atoms with E-state index in [9.17, 15) is 13.2 Å². The molecule has 0 fully saturated rings. The molecule has 2 aromatic rings. The van der Waals surface area contributed by atoms with Crippen LogP contribution in [0.2, 0.25) is 0 Å². The van der Waals surface area contributed by atoms with Gasteiger partial charge in [-0.25, -0.2) is 22.9 Å². The SMILES string of the molecule is CC(NS(=O)(=O)c1scnc1C(=O)O)c1ccccc1Br. The number of carbonyl (C=O) groups is 1. The van der Waals surface area contributed by atoms with Gasteiger partial charge < -0.3 is 5.11 Å². The van der Waals surface area contributed by atoms with Gasteiger partial charge in [0.1, 0.15) is 0 Å². The van der Waals surface area contributed by atoms with Gasteiger partial charge in [0.05, 0.1) is 5.51 Å². The van der Waals surface area contributed by atoms with Gasteiger partial charge in [0.15, 0.2) is 9.90 Å². The summed E-state index contributed by atoms with van der Waals surface area (Å²) in [5.41, 5.74) is 1.48. The highest BCUT2D eigenvalue weighted by atomic mass is 79.9. The lowest BCUT2D eigenvalue weighted by molar-refractivity contribution is 0.0687. The van der Waals surface area contributed by atoms with Crippen LogP contribution in [-0.4, -0.2) is 24.5 Å². The third-order valence-electron chi connectivity index (χ3n) is 2.69. The van der Waals surface area contributed by atoms with Crippen LogP contribution in [0.25, 0.3) is 0 Å². The minimum atomic E-state index is -3.95. The van der Waals surface area contributed by atoms with Crippen molar-refractivity contribution in [3.63, 3.8) is 0 Å². The Hall–Kier alpha value is -1.29. The highest BCUT2D eigenvalue weighted by Crippen LogP contribution is 2.26. The number of benzene rings is 1. The zero-order valence-electron chi connectivity index (χ0n) is 10.8. The molecule has 0 saturated carbocycles. The maximum Gasteiger partial charge on any atom is 0.356 e. The van der Waals surface area contributed by atoms with Crippen LogP contribution < -0.4 is 4.72 Å². The number of sulfonamides is 1. The largest absolute Gasteiger partial charge is 0.476 e. The molecule has 2 rings (SSSR count). The second-order valence-electron chi connectivity index (χ2n) is 4.16. The van der Waals surface area contributed by atoms with Gasteiger partial charge in [-0.3, -0.25) is 0 Å². The second kappa shape index (κ2) is 6.22. The van der Waals surface area contributed by atoms with Crippen molar-refractivity contribution in [1.82, 2.24) is 9.71 Å². The number of nitrogens with one attached hydrogen (secondary N) is 1. The summed E-state index contributed by atoms with van der Waals surface area (Å²) in [6.45, 7) is 1.68. The Balaban J connectivity index is 2.32. The fraction of sp³-hybridized carbons (Fsp3) is 0.167. The lowest BCUT2D eigenvalue weighted by Crippen LogP contribution is -2.27. The van der Waals surface area contributed by atoms with Gasteiger partial charge in [-0.05, 0) is 18.6 Å². The molecule has 6 nitrogen and oxygen atoms in total. The van der Waals surface area contributed by atoms with Gasteiger partial charge in [0, 0.05) is 10.5 Å². The van der Waals surface area contributed by atoms with Gasteiger partial charge >= 0.3 is 5.97 Å². The summed E-state index contributed by atoms with van der Waals surface area (Å²) < 4.78 is 27.5. The van der Waals surface area contributed by atoms with Crippen molar-refractivity contribution in [2.24, 2.45) is 0 Å². The average molecular weight is 391 g/mol. The van der Waals surface area contributed by atoms with E-state index in [0.717, 1.165) is 21.4 Å². The van der Waals surface area contributed by atoms with Crippen molar-refractivity contribution in [1.29, 1.82) is 0 Å². The predicted molar refractivity (Wildman–Crippen MR) is 82.0 cm³/mol. The van der Waals surface area contributed by atoms with E-state index in [0.29, 0.717) is 0 Å². The molecule has 0 amide bonds. The number of nitrogens with zero attached hydrogens (tertiary/aromatic N) is 1. The molecule has 1 atom stereocenters. The molecule has 21 heavy (non-hydrogen) atoms. The molecule has 9 heteroatoms. The van der Waals surface area contributed by atoms with E-state index in [4.69, 9.17) is 5.11 Å². The Morgan fingerprint density at radius 1 is 1.43 bits per heavy atom. The van der Waals surface area contributed by atoms with Gasteiger partial charge in [0.25, 0.3) is 10.0 Å². The zero-order chi connectivity index (χ0) is 15.6. The molecule has 1 heterocycles. The quantitative estimate of drug-likeness (QED) is 0.817. The first kappa shape index (κ1) is 16.1. The molecular weight excluding hydrogens is 380 g/mol. The summed E-state index contributed by atoms with van der Waals surface area (Å²) in [4.78, 5) is 14.6. The number of carboxylic acid groups (broad SMARTS) is 1. The summed E-state index contributed by atoms with van der Waals surface area (Å²) in [6.07, 6.45) is 0. The zero-order valence-corrected chi connectivity index (χ0v) is 14.0. The number of hydrogen-bond donors (Lipinski definition) is 2.